The maximum Gasteiger partial charge on any atom is 0.0587 e. The zero-order valence-corrected chi connectivity index (χ0v) is 14.5. The van der Waals surface area contributed by atoms with Crippen molar-refractivity contribution in [1.29, 1.82) is 0 Å². The van der Waals surface area contributed by atoms with Crippen molar-refractivity contribution in [2.24, 2.45) is 0 Å². The predicted molar refractivity (Wildman–Crippen MR) is 93.5 cm³/mol. The molecule has 0 bridgehead atoms. The van der Waals surface area contributed by atoms with E-state index >= 15 is 0 Å². The Labute approximate surface area is 133 Å². The van der Waals surface area contributed by atoms with Crippen LogP contribution in [0.5, 0.6) is 0 Å². The van der Waals surface area contributed by atoms with E-state index in [-0.39, 0.29) is 0 Å². The van der Waals surface area contributed by atoms with Crippen LogP contribution in [0.3, 0.4) is 0 Å². The van der Waals surface area contributed by atoms with E-state index in [4.69, 9.17) is 4.74 Å². The Morgan fingerprint density at radius 1 is 1.29 bits per heavy atom. The number of hydrogen-bond donors (Lipinski definition) is 1. The lowest BCUT2D eigenvalue weighted by Crippen LogP contribution is -2.41. The molecule has 118 valence electrons. The summed E-state index contributed by atoms with van der Waals surface area (Å²) in [6.45, 7) is 11.7. The first kappa shape index (κ1) is 16.7. The largest absolute Gasteiger partial charge is 0.383 e. The first-order chi connectivity index (χ1) is 10.1. The van der Waals surface area contributed by atoms with Crippen molar-refractivity contribution in [2.75, 3.05) is 38.3 Å². The highest BCUT2D eigenvalue weighted by Crippen LogP contribution is 2.31. The van der Waals surface area contributed by atoms with Crippen molar-refractivity contribution >= 4 is 17.4 Å². The minimum absolute atomic E-state index is 0.698. The molecule has 1 fully saturated rings. The molecule has 2 unspecified atom stereocenters. The molecule has 0 aliphatic carbocycles. The number of nitrogens with zero attached hydrogens (tertiary/aromatic N) is 1. The molecule has 0 amide bonds. The van der Waals surface area contributed by atoms with Crippen LogP contribution in [-0.4, -0.2) is 43.9 Å². The summed E-state index contributed by atoms with van der Waals surface area (Å²) in [4.78, 5) is 2.55. The summed E-state index contributed by atoms with van der Waals surface area (Å²) in [5.41, 5.74) is 4.12. The smallest absolute Gasteiger partial charge is 0.0587 e. The summed E-state index contributed by atoms with van der Waals surface area (Å²) in [7, 11) is 1.74. The van der Waals surface area contributed by atoms with Crippen LogP contribution < -0.4 is 10.2 Å². The molecule has 1 aromatic carbocycles. The molecular formula is C17H28N2OS. The third-order valence-corrected chi connectivity index (χ3v) is 5.02. The fourth-order valence-electron chi connectivity index (χ4n) is 2.94. The molecular weight excluding hydrogens is 280 g/mol. The summed E-state index contributed by atoms with van der Waals surface area (Å²) >= 11 is 2.10. The SMILES string of the molecule is COCCNCc1cc(C)ccc1N1CC(C)SC(C)C1. The lowest BCUT2D eigenvalue weighted by Gasteiger charge is -2.37. The number of benzene rings is 1. The second-order valence-electron chi connectivity index (χ2n) is 5.96. The maximum absolute atomic E-state index is 5.10. The fraction of sp³-hybridized carbons (Fsp3) is 0.647. The fourth-order valence-corrected chi connectivity index (χ4v) is 4.26. The van der Waals surface area contributed by atoms with Crippen molar-refractivity contribution in [3.05, 3.63) is 29.3 Å². The molecule has 1 aliphatic heterocycles. The highest BCUT2D eigenvalue weighted by molar-refractivity contribution is 8.00. The third kappa shape index (κ3) is 4.90. The van der Waals surface area contributed by atoms with Crippen LogP contribution in [0.4, 0.5) is 5.69 Å². The maximum atomic E-state index is 5.10. The highest BCUT2D eigenvalue weighted by Gasteiger charge is 2.23. The number of methoxy groups -OCH3 is 1. The van der Waals surface area contributed by atoms with Gasteiger partial charge in [0.15, 0.2) is 0 Å². The lowest BCUT2D eigenvalue weighted by atomic mass is 10.1. The second-order valence-corrected chi connectivity index (χ2v) is 7.85. The molecule has 0 saturated carbocycles. The molecule has 0 aromatic heterocycles. The molecule has 2 rings (SSSR count). The molecule has 0 spiro atoms. The van der Waals surface area contributed by atoms with E-state index in [2.05, 4.69) is 60.9 Å². The van der Waals surface area contributed by atoms with E-state index < -0.39 is 0 Å². The first-order valence-corrected chi connectivity index (χ1v) is 8.74. The van der Waals surface area contributed by atoms with Gasteiger partial charge < -0.3 is 15.0 Å². The monoisotopic (exact) mass is 308 g/mol. The van der Waals surface area contributed by atoms with Gasteiger partial charge in [0.05, 0.1) is 6.61 Å². The van der Waals surface area contributed by atoms with E-state index in [1.165, 1.54) is 16.8 Å². The van der Waals surface area contributed by atoms with E-state index in [1.54, 1.807) is 7.11 Å². The summed E-state index contributed by atoms with van der Waals surface area (Å²) in [5, 5.41) is 4.87. The molecule has 0 radical (unpaired) electrons. The van der Waals surface area contributed by atoms with Gasteiger partial charge in [-0.2, -0.15) is 11.8 Å². The van der Waals surface area contributed by atoms with Gasteiger partial charge in [-0.25, -0.2) is 0 Å². The molecule has 21 heavy (non-hydrogen) atoms. The number of ether oxygens (including phenoxy) is 1. The third-order valence-electron chi connectivity index (χ3n) is 3.79. The van der Waals surface area contributed by atoms with Gasteiger partial charge in [0.25, 0.3) is 0 Å². The number of thioether (sulfide) groups is 1. The number of rotatable bonds is 6. The Hall–Kier alpha value is -0.710. The summed E-state index contributed by atoms with van der Waals surface area (Å²) in [6, 6.07) is 6.83. The van der Waals surface area contributed by atoms with Crippen LogP contribution in [0, 0.1) is 6.92 Å². The van der Waals surface area contributed by atoms with E-state index in [0.29, 0.717) is 10.5 Å². The second kappa shape index (κ2) is 8.06. The van der Waals surface area contributed by atoms with Crippen LogP contribution in [0.1, 0.15) is 25.0 Å². The quantitative estimate of drug-likeness (QED) is 0.816. The van der Waals surface area contributed by atoms with Crippen LogP contribution >= 0.6 is 11.8 Å². The van der Waals surface area contributed by atoms with Gasteiger partial charge in [-0.3, -0.25) is 0 Å². The van der Waals surface area contributed by atoms with Crippen LogP contribution in [0.25, 0.3) is 0 Å². The van der Waals surface area contributed by atoms with Gasteiger partial charge >= 0.3 is 0 Å². The van der Waals surface area contributed by atoms with Gasteiger partial charge in [-0.1, -0.05) is 31.5 Å². The molecule has 1 aromatic rings. The zero-order chi connectivity index (χ0) is 15.2. The normalized spacial score (nSPS) is 22.6. The van der Waals surface area contributed by atoms with Crippen molar-refractivity contribution in [3.8, 4) is 0 Å². The number of anilines is 1. The van der Waals surface area contributed by atoms with Crippen LogP contribution in [0.15, 0.2) is 18.2 Å². The molecule has 4 heteroatoms. The standard InChI is InChI=1S/C17H28N2OS/c1-13-5-6-17(16(9-13)10-18-7-8-20-4)19-11-14(2)21-15(3)12-19/h5-6,9,14-15,18H,7-8,10-12H2,1-4H3. The Morgan fingerprint density at radius 2 is 2.00 bits per heavy atom. The Bertz CT molecular complexity index is 442. The topological polar surface area (TPSA) is 24.5 Å². The summed E-state index contributed by atoms with van der Waals surface area (Å²) in [6.07, 6.45) is 0. The number of hydrogen-bond acceptors (Lipinski definition) is 4. The zero-order valence-electron chi connectivity index (χ0n) is 13.7. The predicted octanol–water partition coefficient (Wildman–Crippen LogP) is 3.06. The van der Waals surface area contributed by atoms with Gasteiger partial charge in [0.1, 0.15) is 0 Å². The Morgan fingerprint density at radius 3 is 2.67 bits per heavy atom. The van der Waals surface area contributed by atoms with Gasteiger partial charge in [-0.15, -0.1) is 0 Å². The van der Waals surface area contributed by atoms with E-state index in [9.17, 15) is 0 Å². The lowest BCUT2D eigenvalue weighted by molar-refractivity contribution is 0.199. The van der Waals surface area contributed by atoms with Crippen LogP contribution in [0.2, 0.25) is 0 Å². The summed E-state index contributed by atoms with van der Waals surface area (Å²) < 4.78 is 5.10. The average Bonchev–Trinajstić information content (AvgIpc) is 2.42. The molecule has 2 atom stereocenters. The summed E-state index contributed by atoms with van der Waals surface area (Å²) in [5.74, 6) is 0. The minimum Gasteiger partial charge on any atom is -0.383 e. The molecule has 1 heterocycles. The Kier molecular flexibility index (Phi) is 6.40. The van der Waals surface area contributed by atoms with Gasteiger partial charge in [0.2, 0.25) is 0 Å². The van der Waals surface area contributed by atoms with Gasteiger partial charge in [0, 0.05) is 49.5 Å². The van der Waals surface area contributed by atoms with E-state index in [1.807, 2.05) is 0 Å². The van der Waals surface area contributed by atoms with Gasteiger partial charge in [-0.05, 0) is 18.6 Å². The van der Waals surface area contributed by atoms with Crippen molar-refractivity contribution < 1.29 is 4.74 Å². The van der Waals surface area contributed by atoms with Crippen molar-refractivity contribution in [3.63, 3.8) is 0 Å². The molecule has 3 nitrogen and oxygen atoms in total. The van der Waals surface area contributed by atoms with E-state index in [0.717, 1.165) is 32.8 Å². The van der Waals surface area contributed by atoms with Crippen molar-refractivity contribution in [1.82, 2.24) is 5.32 Å². The Balaban J connectivity index is 2.10. The minimum atomic E-state index is 0.698. The van der Waals surface area contributed by atoms with Crippen LogP contribution in [-0.2, 0) is 11.3 Å². The average molecular weight is 308 g/mol. The van der Waals surface area contributed by atoms with Crippen molar-refractivity contribution in [2.45, 2.75) is 37.8 Å². The first-order valence-electron chi connectivity index (χ1n) is 7.79. The number of aryl methyl sites for hydroxylation is 1. The molecule has 1 N–H and O–H groups in total. The molecule has 1 saturated heterocycles. The number of nitrogens with one attached hydrogen (secondary N) is 1. The molecule has 1 aliphatic rings. The highest BCUT2D eigenvalue weighted by atomic mass is 32.2.